The van der Waals surface area contributed by atoms with E-state index < -0.39 is 0 Å². The van der Waals surface area contributed by atoms with Gasteiger partial charge in [-0.3, -0.25) is 0 Å². The molecule has 0 aliphatic carbocycles. The first-order chi connectivity index (χ1) is 10.1. The molecule has 0 aliphatic heterocycles. The van der Waals surface area contributed by atoms with E-state index in [4.69, 9.17) is 27.9 Å². The van der Waals surface area contributed by atoms with Crippen LogP contribution in [-0.4, -0.2) is 13.7 Å². The van der Waals surface area contributed by atoms with Crippen molar-refractivity contribution >= 4 is 23.2 Å². The highest BCUT2D eigenvalue weighted by Crippen LogP contribution is 2.26. The average Bonchev–Trinajstić information content (AvgIpc) is 2.46. The van der Waals surface area contributed by atoms with Gasteiger partial charge < -0.3 is 10.1 Å². The van der Waals surface area contributed by atoms with Gasteiger partial charge in [0.1, 0.15) is 5.75 Å². The van der Waals surface area contributed by atoms with Crippen LogP contribution >= 0.6 is 23.2 Å². The lowest BCUT2D eigenvalue weighted by Crippen LogP contribution is -2.23. The summed E-state index contributed by atoms with van der Waals surface area (Å²) in [4.78, 5) is 0. The molecule has 2 rings (SSSR count). The molecule has 2 aromatic rings. The third-order valence-electron chi connectivity index (χ3n) is 3.31. The molecule has 0 fully saturated rings. The average molecular weight is 324 g/mol. The van der Waals surface area contributed by atoms with Gasteiger partial charge >= 0.3 is 0 Å². The number of likely N-dealkylation sites (N-methyl/N-ethyl adjacent to an activating group) is 1. The number of benzene rings is 2. The van der Waals surface area contributed by atoms with Gasteiger partial charge in [-0.2, -0.15) is 0 Å². The Morgan fingerprint density at radius 3 is 2.43 bits per heavy atom. The van der Waals surface area contributed by atoms with E-state index >= 15 is 0 Å². The van der Waals surface area contributed by atoms with Crippen LogP contribution in [0, 0.1) is 0 Å². The Balaban J connectivity index is 2.25. The van der Waals surface area contributed by atoms with Crippen LogP contribution in [0.2, 0.25) is 10.0 Å². The van der Waals surface area contributed by atoms with E-state index in [1.807, 2.05) is 24.3 Å². The number of rotatable bonds is 6. The van der Waals surface area contributed by atoms with Crippen molar-refractivity contribution in [2.45, 2.75) is 19.4 Å². The predicted molar refractivity (Wildman–Crippen MR) is 89.6 cm³/mol. The molecule has 0 aliphatic rings. The van der Waals surface area contributed by atoms with Crippen LogP contribution in [-0.2, 0) is 6.42 Å². The lowest BCUT2D eigenvalue weighted by atomic mass is 9.98. The molecule has 2 nitrogen and oxygen atoms in total. The summed E-state index contributed by atoms with van der Waals surface area (Å²) >= 11 is 12.2. The van der Waals surface area contributed by atoms with Crippen LogP contribution < -0.4 is 10.1 Å². The molecule has 0 amide bonds. The number of methoxy groups -OCH3 is 1. The summed E-state index contributed by atoms with van der Waals surface area (Å²) in [6.45, 7) is 2.96. The zero-order chi connectivity index (χ0) is 15.2. The Morgan fingerprint density at radius 2 is 1.81 bits per heavy atom. The Labute approximate surface area is 136 Å². The lowest BCUT2D eigenvalue weighted by molar-refractivity contribution is 0.414. The van der Waals surface area contributed by atoms with Gasteiger partial charge in [0.15, 0.2) is 0 Å². The van der Waals surface area contributed by atoms with Gasteiger partial charge in [0.25, 0.3) is 0 Å². The first-order valence-corrected chi connectivity index (χ1v) is 7.70. The second-order valence-electron chi connectivity index (χ2n) is 4.87. The summed E-state index contributed by atoms with van der Waals surface area (Å²) in [5, 5.41) is 4.80. The third kappa shape index (κ3) is 4.63. The largest absolute Gasteiger partial charge is 0.497 e. The summed E-state index contributed by atoms with van der Waals surface area (Å²) in [6.07, 6.45) is 0.849. The summed E-state index contributed by atoms with van der Waals surface area (Å²) in [5.74, 6) is 0.867. The molecule has 0 aromatic heterocycles. The van der Waals surface area contributed by atoms with Crippen LogP contribution in [0.15, 0.2) is 42.5 Å². The molecular formula is C17H19Cl2NO. The fourth-order valence-corrected chi connectivity index (χ4v) is 2.91. The summed E-state index contributed by atoms with van der Waals surface area (Å²) in [6, 6.07) is 13.9. The summed E-state index contributed by atoms with van der Waals surface area (Å²) in [7, 11) is 1.68. The van der Waals surface area contributed by atoms with Crippen molar-refractivity contribution in [3.8, 4) is 5.75 Å². The van der Waals surface area contributed by atoms with Crippen LogP contribution in [0.25, 0.3) is 0 Å². The highest BCUT2D eigenvalue weighted by Gasteiger charge is 2.13. The van der Waals surface area contributed by atoms with Crippen LogP contribution in [0.4, 0.5) is 0 Å². The Hall–Kier alpha value is -1.22. The smallest absolute Gasteiger partial charge is 0.119 e. The zero-order valence-corrected chi connectivity index (χ0v) is 13.7. The number of ether oxygens (including phenoxy) is 1. The molecule has 0 saturated carbocycles. The van der Waals surface area contributed by atoms with E-state index in [0.717, 1.165) is 24.3 Å². The fraction of sp³-hybridized carbons (Fsp3) is 0.294. The maximum Gasteiger partial charge on any atom is 0.119 e. The molecule has 112 valence electrons. The molecule has 0 spiro atoms. The molecule has 0 radical (unpaired) electrons. The predicted octanol–water partition coefficient (Wildman–Crippen LogP) is 4.90. The molecule has 1 N–H and O–H groups in total. The van der Waals surface area contributed by atoms with Crippen molar-refractivity contribution in [1.29, 1.82) is 0 Å². The second kappa shape index (κ2) is 7.69. The minimum Gasteiger partial charge on any atom is -0.497 e. The maximum absolute atomic E-state index is 6.11. The molecule has 21 heavy (non-hydrogen) atoms. The van der Waals surface area contributed by atoms with E-state index in [1.165, 1.54) is 5.56 Å². The minimum absolute atomic E-state index is 0.165. The van der Waals surface area contributed by atoms with Gasteiger partial charge in [0.05, 0.1) is 7.11 Å². The maximum atomic E-state index is 6.11. The molecular weight excluding hydrogens is 305 g/mol. The second-order valence-corrected chi connectivity index (χ2v) is 5.74. The summed E-state index contributed by atoms with van der Waals surface area (Å²) < 4.78 is 5.28. The number of nitrogens with one attached hydrogen (secondary N) is 1. The van der Waals surface area contributed by atoms with Gasteiger partial charge in [-0.15, -0.1) is 0 Å². The van der Waals surface area contributed by atoms with Crippen molar-refractivity contribution < 1.29 is 4.74 Å². The van der Waals surface area contributed by atoms with Crippen molar-refractivity contribution in [1.82, 2.24) is 5.32 Å². The number of hydrogen-bond acceptors (Lipinski definition) is 2. The first kappa shape index (κ1) is 16.2. The molecule has 0 heterocycles. The fourth-order valence-electron chi connectivity index (χ4n) is 2.37. The van der Waals surface area contributed by atoms with E-state index in [2.05, 4.69) is 24.4 Å². The normalized spacial score (nSPS) is 12.2. The highest BCUT2D eigenvalue weighted by molar-refractivity contribution is 6.34. The van der Waals surface area contributed by atoms with Gasteiger partial charge in [-0.05, 0) is 54.4 Å². The Bertz CT molecular complexity index is 581. The zero-order valence-electron chi connectivity index (χ0n) is 12.2. The van der Waals surface area contributed by atoms with Crippen molar-refractivity contribution in [2.75, 3.05) is 13.7 Å². The van der Waals surface area contributed by atoms with Gasteiger partial charge in [-0.1, -0.05) is 42.3 Å². The molecule has 0 saturated heterocycles. The van der Waals surface area contributed by atoms with Gasteiger partial charge in [-0.25, -0.2) is 0 Å². The van der Waals surface area contributed by atoms with Crippen molar-refractivity contribution in [2.24, 2.45) is 0 Å². The van der Waals surface area contributed by atoms with Gasteiger partial charge in [0.2, 0.25) is 0 Å². The molecule has 4 heteroatoms. The van der Waals surface area contributed by atoms with Crippen LogP contribution in [0.3, 0.4) is 0 Å². The molecule has 1 atom stereocenters. The van der Waals surface area contributed by atoms with Crippen molar-refractivity contribution in [3.63, 3.8) is 0 Å². The third-order valence-corrected chi connectivity index (χ3v) is 3.75. The van der Waals surface area contributed by atoms with E-state index in [0.29, 0.717) is 10.0 Å². The Morgan fingerprint density at radius 1 is 1.10 bits per heavy atom. The monoisotopic (exact) mass is 323 g/mol. The number of halogens is 2. The topological polar surface area (TPSA) is 21.3 Å². The molecule has 0 bridgehead atoms. The standard InChI is InChI=1S/C17H19Cl2NO/c1-3-20-17(13-9-14(18)11-15(19)10-13)8-12-5-4-6-16(7-12)21-2/h4-7,9-11,17,20H,3,8H2,1-2H3. The van der Waals surface area contributed by atoms with E-state index in [9.17, 15) is 0 Å². The first-order valence-electron chi connectivity index (χ1n) is 6.94. The molecule has 1 unspecified atom stereocenters. The van der Waals surface area contributed by atoms with Crippen LogP contribution in [0.1, 0.15) is 24.1 Å². The van der Waals surface area contributed by atoms with Crippen molar-refractivity contribution in [3.05, 3.63) is 63.6 Å². The van der Waals surface area contributed by atoms with E-state index in [1.54, 1.807) is 13.2 Å². The lowest BCUT2D eigenvalue weighted by Gasteiger charge is -2.19. The quantitative estimate of drug-likeness (QED) is 0.816. The Kier molecular flexibility index (Phi) is 5.92. The summed E-state index contributed by atoms with van der Waals surface area (Å²) in [5.41, 5.74) is 2.30. The van der Waals surface area contributed by atoms with E-state index in [-0.39, 0.29) is 6.04 Å². The van der Waals surface area contributed by atoms with Crippen LogP contribution in [0.5, 0.6) is 5.75 Å². The SMILES string of the molecule is CCNC(Cc1cccc(OC)c1)c1cc(Cl)cc(Cl)c1. The van der Waals surface area contributed by atoms with Gasteiger partial charge in [0, 0.05) is 16.1 Å². The number of hydrogen-bond donors (Lipinski definition) is 1. The highest BCUT2D eigenvalue weighted by atomic mass is 35.5. The minimum atomic E-state index is 0.165. The molecule has 2 aromatic carbocycles.